The van der Waals surface area contributed by atoms with Crippen LogP contribution in [0, 0.1) is 23.3 Å². The number of nitrogens with zero attached hydrogens (tertiary/aromatic N) is 4. The third-order valence-electron chi connectivity index (χ3n) is 9.55. The second-order valence-electron chi connectivity index (χ2n) is 14.5. The van der Waals surface area contributed by atoms with Crippen molar-refractivity contribution >= 4 is 33.7 Å². The molecular weight excluding hydrogens is 810 g/mol. The highest BCUT2D eigenvalue weighted by molar-refractivity contribution is 5.96. The van der Waals surface area contributed by atoms with Crippen LogP contribution in [0.5, 0.6) is 0 Å². The number of aliphatic hydroxyl groups excluding tert-OH is 2. The Balaban J connectivity index is 0.000000205. The average Bonchev–Trinajstić information content (AvgIpc) is 3.90. The largest absolute Gasteiger partial charge is 0.464 e. The van der Waals surface area contributed by atoms with Crippen molar-refractivity contribution in [1.29, 1.82) is 0 Å². The zero-order valence-electron chi connectivity index (χ0n) is 33.2. The number of amides is 1. The highest BCUT2D eigenvalue weighted by Gasteiger charge is 2.32. The molecule has 5 heterocycles. The molecule has 2 unspecified atom stereocenters. The van der Waals surface area contributed by atoms with Gasteiger partial charge in [0, 0.05) is 57.6 Å². The van der Waals surface area contributed by atoms with Gasteiger partial charge in [-0.25, -0.2) is 37.8 Å². The molecule has 2 atom stereocenters. The van der Waals surface area contributed by atoms with Gasteiger partial charge < -0.3 is 43.0 Å². The van der Waals surface area contributed by atoms with Gasteiger partial charge in [0.25, 0.3) is 5.91 Å². The first-order valence-electron chi connectivity index (χ1n) is 18.8. The summed E-state index contributed by atoms with van der Waals surface area (Å²) in [5.74, 6) is -4.64. The number of fused-ring (bicyclic) bond motifs is 2. The fraction of sp³-hybridized carbons (Fsp3) is 0.333. The molecule has 4 N–H and O–H groups in total. The van der Waals surface area contributed by atoms with E-state index in [9.17, 15) is 32.3 Å². The Morgan fingerprint density at radius 2 is 1.39 bits per heavy atom. The minimum absolute atomic E-state index is 0.0384. The minimum atomic E-state index is -1.03. The molecule has 6 aromatic rings. The summed E-state index contributed by atoms with van der Waals surface area (Å²) in [4.78, 5) is 31.8. The summed E-state index contributed by atoms with van der Waals surface area (Å²) in [5, 5.41) is 28.4. The molecule has 1 fully saturated rings. The fourth-order valence-corrected chi connectivity index (χ4v) is 6.58. The molecule has 0 radical (unpaired) electrons. The molecule has 4 aromatic heterocycles. The van der Waals surface area contributed by atoms with Crippen molar-refractivity contribution in [3.8, 4) is 0 Å². The highest BCUT2D eigenvalue weighted by atomic mass is 19.1. The number of hydrogen-bond acceptors (Lipinski definition) is 12. The van der Waals surface area contributed by atoms with Gasteiger partial charge in [0.1, 0.15) is 46.9 Å². The van der Waals surface area contributed by atoms with Gasteiger partial charge in [-0.1, -0.05) is 12.1 Å². The average molecular weight is 854 g/mol. The lowest BCUT2D eigenvalue weighted by Crippen LogP contribution is -2.24. The molecule has 0 spiro atoms. The van der Waals surface area contributed by atoms with E-state index >= 15 is 0 Å². The first kappa shape index (κ1) is 44.7. The van der Waals surface area contributed by atoms with Crippen molar-refractivity contribution in [2.24, 2.45) is 0 Å². The summed E-state index contributed by atoms with van der Waals surface area (Å²) in [6.45, 7) is 4.42. The van der Waals surface area contributed by atoms with Crippen LogP contribution in [0.25, 0.3) is 21.8 Å². The van der Waals surface area contributed by atoms with E-state index in [2.05, 4.69) is 9.97 Å². The highest BCUT2D eigenvalue weighted by Crippen LogP contribution is 2.28. The predicted octanol–water partition coefficient (Wildman–Crippen LogP) is 5.17. The van der Waals surface area contributed by atoms with E-state index < -0.39 is 53.6 Å². The molecule has 324 valence electrons. The third-order valence-corrected chi connectivity index (χ3v) is 9.55. The van der Waals surface area contributed by atoms with Crippen molar-refractivity contribution in [3.05, 3.63) is 130 Å². The molecule has 1 aliphatic heterocycles. The number of ether oxygens (including phenoxy) is 5. The van der Waals surface area contributed by atoms with Gasteiger partial charge in [0.2, 0.25) is 0 Å². The number of halogens is 4. The fourth-order valence-electron chi connectivity index (χ4n) is 6.58. The maximum Gasteiger partial charge on any atom is 0.356 e. The lowest BCUT2D eigenvalue weighted by Gasteiger charge is -2.17. The summed E-state index contributed by atoms with van der Waals surface area (Å²) in [5.41, 5.74) is 4.84. The lowest BCUT2D eigenvalue weighted by atomic mass is 10.2. The number of benzene rings is 2. The van der Waals surface area contributed by atoms with Crippen LogP contribution in [0.1, 0.15) is 57.1 Å². The summed E-state index contributed by atoms with van der Waals surface area (Å²) in [6.07, 6.45) is 5.19. The molecular formula is C42H43F4N5O10. The first-order valence-corrected chi connectivity index (χ1v) is 18.8. The molecule has 1 amide bonds. The number of esters is 1. The number of carbonyl (C=O) groups is 2. The molecule has 19 heteroatoms. The van der Waals surface area contributed by atoms with E-state index in [1.807, 2.05) is 20.0 Å². The van der Waals surface area contributed by atoms with E-state index in [0.717, 1.165) is 29.1 Å². The molecule has 0 saturated carbocycles. The monoisotopic (exact) mass is 853 g/mol. The lowest BCUT2D eigenvalue weighted by molar-refractivity contribution is -0.145. The van der Waals surface area contributed by atoms with Crippen molar-refractivity contribution < 1.29 is 66.3 Å². The summed E-state index contributed by atoms with van der Waals surface area (Å²) >= 11 is 0. The first-order chi connectivity index (χ1) is 29.2. The zero-order valence-corrected chi connectivity index (χ0v) is 33.2. The Morgan fingerprint density at radius 1 is 0.852 bits per heavy atom. The van der Waals surface area contributed by atoms with E-state index in [0.29, 0.717) is 40.8 Å². The number of methoxy groups -OCH3 is 1. The predicted molar refractivity (Wildman–Crippen MR) is 208 cm³/mol. The van der Waals surface area contributed by atoms with Crippen LogP contribution < -0.4 is 5.48 Å². The van der Waals surface area contributed by atoms with Crippen molar-refractivity contribution in [2.45, 2.75) is 58.1 Å². The Bertz CT molecular complexity index is 2510. The number of aliphatic hydroxyl groups is 2. The molecule has 7 rings (SSSR count). The molecule has 0 bridgehead atoms. The molecule has 61 heavy (non-hydrogen) atoms. The zero-order chi connectivity index (χ0) is 43.8. The summed E-state index contributed by atoms with van der Waals surface area (Å²) < 4.78 is 85.5. The topological polar surface area (TPSA) is 189 Å². The SMILES string of the molecule is COC(=O)c1cc2c(COCC3COC(C)(C)O3)cn(Cc3ccc(F)cc3F)c2cn1.O=C(NO)c1cc2c(COCC(O)CO)cn(Cc3ccc(F)cc3F)c2cn1. The second-order valence-corrected chi connectivity index (χ2v) is 14.5. The number of hydrogen-bond donors (Lipinski definition) is 4. The number of nitrogens with one attached hydrogen (secondary N) is 1. The molecule has 1 aliphatic rings. The van der Waals surface area contributed by atoms with Crippen LogP contribution >= 0.6 is 0 Å². The van der Waals surface area contributed by atoms with Crippen LogP contribution in [0.4, 0.5) is 17.6 Å². The number of carbonyl (C=O) groups excluding carboxylic acids is 2. The number of aromatic nitrogens is 4. The van der Waals surface area contributed by atoms with Crippen molar-refractivity contribution in [3.63, 3.8) is 0 Å². The smallest absolute Gasteiger partial charge is 0.356 e. The molecule has 15 nitrogen and oxygen atoms in total. The third kappa shape index (κ3) is 11.1. The Morgan fingerprint density at radius 3 is 1.89 bits per heavy atom. The van der Waals surface area contributed by atoms with Gasteiger partial charge in [0.15, 0.2) is 5.79 Å². The van der Waals surface area contributed by atoms with Crippen LogP contribution in [0.3, 0.4) is 0 Å². The van der Waals surface area contributed by atoms with Crippen molar-refractivity contribution in [1.82, 2.24) is 24.6 Å². The second kappa shape index (κ2) is 19.7. The van der Waals surface area contributed by atoms with Gasteiger partial charge in [0.05, 0.1) is 83.3 Å². The van der Waals surface area contributed by atoms with Crippen LogP contribution in [0.15, 0.2) is 73.3 Å². The molecule has 2 aromatic carbocycles. The van der Waals surface area contributed by atoms with Crippen LogP contribution in [-0.4, -0.2) is 97.9 Å². The maximum atomic E-state index is 14.2. The van der Waals surface area contributed by atoms with E-state index in [1.165, 1.54) is 49.2 Å². The number of rotatable bonds is 15. The van der Waals surface area contributed by atoms with Gasteiger partial charge in [-0.2, -0.15) is 0 Å². The summed E-state index contributed by atoms with van der Waals surface area (Å²) in [7, 11) is 1.28. The minimum Gasteiger partial charge on any atom is -0.464 e. The Kier molecular flexibility index (Phi) is 14.5. The standard InChI is InChI=1S/C23H24F2N2O5.C19H19F2N3O5/c1-23(2)31-13-17(32-23)12-30-11-15-10-27(9-14-4-5-16(24)6-19(14)25)21-8-26-20(7-18(15)21)22(28)29-3;20-13-2-1-11(16(21)3-13)6-24-7-12(9-29-10-14(26)8-25)15-4-17(19(27)23-28)22-5-18(15)24/h4-8,10,17H,9,11-13H2,1-3H3;1-5,7,14,25-26,28H,6,8-10H2,(H,23,27). The quantitative estimate of drug-likeness (QED) is 0.0460. The number of hydroxylamine groups is 1. The molecule has 1 saturated heterocycles. The van der Waals surface area contributed by atoms with Crippen LogP contribution in [-0.2, 0) is 50.0 Å². The summed E-state index contributed by atoms with van der Waals surface area (Å²) in [6, 6.07) is 9.83. The van der Waals surface area contributed by atoms with E-state index in [4.69, 9.17) is 34.0 Å². The van der Waals surface area contributed by atoms with E-state index in [1.54, 1.807) is 21.4 Å². The van der Waals surface area contributed by atoms with Gasteiger partial charge >= 0.3 is 5.97 Å². The van der Waals surface area contributed by atoms with Gasteiger partial charge in [-0.3, -0.25) is 10.0 Å². The van der Waals surface area contributed by atoms with Crippen LogP contribution in [0.2, 0.25) is 0 Å². The Labute approximate surface area is 346 Å². The normalized spacial score (nSPS) is 15.1. The Hall–Kier alpha value is -5.80. The maximum absolute atomic E-state index is 14.2. The van der Waals surface area contributed by atoms with Gasteiger partial charge in [-0.05, 0) is 38.1 Å². The molecule has 0 aliphatic carbocycles. The van der Waals surface area contributed by atoms with Gasteiger partial charge in [-0.15, -0.1) is 0 Å². The van der Waals surface area contributed by atoms with Crippen molar-refractivity contribution in [2.75, 3.05) is 33.5 Å². The van der Waals surface area contributed by atoms with E-state index in [-0.39, 0.29) is 56.0 Å². The number of pyridine rings is 2.